The molecule has 2 heterocycles. The van der Waals surface area contributed by atoms with Gasteiger partial charge < -0.3 is 14.6 Å². The van der Waals surface area contributed by atoms with E-state index in [0.717, 1.165) is 0 Å². The fourth-order valence-electron chi connectivity index (χ4n) is 2.22. The third-order valence-electron chi connectivity index (χ3n) is 3.41. The first-order valence-electron chi connectivity index (χ1n) is 7.17. The van der Waals surface area contributed by atoms with Gasteiger partial charge in [0.05, 0.1) is 16.6 Å². The van der Waals surface area contributed by atoms with E-state index in [9.17, 15) is 18.0 Å². The maximum absolute atomic E-state index is 12.4. The number of carbonyl (C=O) groups excluding carboxylic acids is 1. The Morgan fingerprint density at radius 3 is 2.84 bits per heavy atom. The minimum atomic E-state index is -4.80. The molecule has 0 atom stereocenters. The number of aryl methyl sites for hydroxylation is 1. The summed E-state index contributed by atoms with van der Waals surface area (Å²) in [6, 6.07) is 7.15. The van der Waals surface area contributed by atoms with Gasteiger partial charge in [-0.05, 0) is 19.1 Å². The van der Waals surface area contributed by atoms with E-state index in [1.807, 2.05) is 0 Å². The van der Waals surface area contributed by atoms with Crippen molar-refractivity contribution in [2.75, 3.05) is 0 Å². The van der Waals surface area contributed by atoms with Crippen LogP contribution in [0.2, 0.25) is 0 Å². The highest BCUT2D eigenvalue weighted by Crippen LogP contribution is 2.26. The van der Waals surface area contributed by atoms with Gasteiger partial charge in [-0.3, -0.25) is 4.79 Å². The van der Waals surface area contributed by atoms with Crippen LogP contribution in [0.1, 0.15) is 21.6 Å². The second-order valence-electron chi connectivity index (χ2n) is 5.18. The number of halogens is 3. The second-order valence-corrected chi connectivity index (χ2v) is 5.18. The molecule has 6 nitrogen and oxygen atoms in total. The van der Waals surface area contributed by atoms with Gasteiger partial charge in [0.15, 0.2) is 0 Å². The Morgan fingerprint density at radius 1 is 1.32 bits per heavy atom. The molecule has 1 amide bonds. The van der Waals surface area contributed by atoms with Crippen LogP contribution in [0.3, 0.4) is 0 Å². The molecule has 0 saturated heterocycles. The van der Waals surface area contributed by atoms with Crippen LogP contribution in [-0.4, -0.2) is 22.4 Å². The topological polar surface area (TPSA) is 77.2 Å². The first-order valence-corrected chi connectivity index (χ1v) is 7.17. The van der Waals surface area contributed by atoms with Gasteiger partial charge in [-0.1, -0.05) is 23.4 Å². The Hall–Kier alpha value is -3.10. The maximum Gasteiger partial charge on any atom is 0.573 e. The van der Waals surface area contributed by atoms with E-state index < -0.39 is 12.3 Å². The van der Waals surface area contributed by atoms with E-state index in [4.69, 9.17) is 4.52 Å². The van der Waals surface area contributed by atoms with Crippen molar-refractivity contribution in [1.29, 1.82) is 0 Å². The predicted octanol–water partition coefficient (Wildman–Crippen LogP) is 3.36. The molecule has 0 spiro atoms. The lowest BCUT2D eigenvalue weighted by Gasteiger charge is -2.13. The number of nitrogens with one attached hydrogen (secondary N) is 1. The summed E-state index contributed by atoms with van der Waals surface area (Å²) in [5.41, 5.74) is 1.33. The summed E-state index contributed by atoms with van der Waals surface area (Å²) in [5.74, 6) is -0.851. The number of ether oxygens (including phenoxy) is 1. The molecule has 3 rings (SSSR count). The number of benzene rings is 1. The van der Waals surface area contributed by atoms with Crippen LogP contribution in [0.4, 0.5) is 13.2 Å². The smallest absolute Gasteiger partial charge is 0.405 e. The number of amides is 1. The van der Waals surface area contributed by atoms with Gasteiger partial charge in [-0.15, -0.1) is 13.2 Å². The van der Waals surface area contributed by atoms with E-state index in [1.165, 1.54) is 24.4 Å². The number of aromatic nitrogens is 2. The monoisotopic (exact) mass is 351 g/mol. The Kier molecular flexibility index (Phi) is 4.30. The molecule has 0 radical (unpaired) electrons. The molecule has 1 aromatic carbocycles. The first kappa shape index (κ1) is 16.7. The van der Waals surface area contributed by atoms with Gasteiger partial charge in [0, 0.05) is 18.3 Å². The van der Waals surface area contributed by atoms with Crippen molar-refractivity contribution in [3.63, 3.8) is 0 Å². The molecular formula is C16H12F3N3O3. The maximum atomic E-state index is 12.4. The van der Waals surface area contributed by atoms with Crippen LogP contribution in [-0.2, 0) is 6.54 Å². The molecule has 0 aliphatic carbocycles. The number of carbonyl (C=O) groups is 1. The van der Waals surface area contributed by atoms with E-state index in [2.05, 4.69) is 20.2 Å². The van der Waals surface area contributed by atoms with Crippen molar-refractivity contribution >= 4 is 17.0 Å². The molecule has 25 heavy (non-hydrogen) atoms. The van der Waals surface area contributed by atoms with Crippen LogP contribution in [0.5, 0.6) is 5.75 Å². The lowest BCUT2D eigenvalue weighted by molar-refractivity contribution is -0.274. The van der Waals surface area contributed by atoms with Crippen molar-refractivity contribution in [2.24, 2.45) is 0 Å². The highest BCUT2D eigenvalue weighted by atomic mass is 19.4. The molecule has 0 aliphatic heterocycles. The van der Waals surface area contributed by atoms with E-state index in [1.54, 1.807) is 19.1 Å². The summed E-state index contributed by atoms with van der Waals surface area (Å²) in [4.78, 5) is 16.2. The van der Waals surface area contributed by atoms with Gasteiger partial charge >= 0.3 is 6.36 Å². The summed E-state index contributed by atoms with van der Waals surface area (Å²) in [5, 5.41) is 6.87. The Labute approximate surface area is 139 Å². The van der Waals surface area contributed by atoms with Crippen molar-refractivity contribution in [1.82, 2.24) is 15.5 Å². The number of para-hydroxylation sites is 1. The van der Waals surface area contributed by atoms with Crippen molar-refractivity contribution in [3.8, 4) is 5.75 Å². The standard InChI is InChI=1S/C16H12F3N3O3/c1-9-12-6-11(8-21-15(12)25-22-9)14(23)20-7-10-4-2-3-5-13(10)24-16(17,18)19/h2-6,8H,7H2,1H3,(H,20,23). The number of hydrogen-bond acceptors (Lipinski definition) is 5. The Morgan fingerprint density at radius 2 is 2.08 bits per heavy atom. The minimum Gasteiger partial charge on any atom is -0.405 e. The lowest BCUT2D eigenvalue weighted by Crippen LogP contribution is -2.24. The molecule has 130 valence electrons. The first-order chi connectivity index (χ1) is 11.8. The molecule has 0 bridgehead atoms. The van der Waals surface area contributed by atoms with Gasteiger partial charge in [0.1, 0.15) is 5.75 Å². The van der Waals surface area contributed by atoms with E-state index in [-0.39, 0.29) is 23.4 Å². The van der Waals surface area contributed by atoms with Crippen LogP contribution in [0, 0.1) is 6.92 Å². The average molecular weight is 351 g/mol. The van der Waals surface area contributed by atoms with Crippen LogP contribution < -0.4 is 10.1 Å². The highest BCUT2D eigenvalue weighted by molar-refractivity contribution is 5.96. The number of alkyl halides is 3. The number of hydrogen-bond donors (Lipinski definition) is 1. The van der Waals surface area contributed by atoms with E-state index in [0.29, 0.717) is 16.8 Å². The van der Waals surface area contributed by atoms with Crippen molar-refractivity contribution in [2.45, 2.75) is 19.8 Å². The molecule has 9 heteroatoms. The zero-order valence-corrected chi connectivity index (χ0v) is 12.9. The SMILES string of the molecule is Cc1noc2ncc(C(=O)NCc3ccccc3OC(F)(F)F)cc12. The minimum absolute atomic E-state index is 0.133. The molecule has 0 aliphatic rings. The zero-order valence-electron chi connectivity index (χ0n) is 12.9. The van der Waals surface area contributed by atoms with Gasteiger partial charge in [0.25, 0.3) is 11.6 Å². The largest absolute Gasteiger partial charge is 0.573 e. The summed E-state index contributed by atoms with van der Waals surface area (Å²) in [6.45, 7) is 1.58. The summed E-state index contributed by atoms with van der Waals surface area (Å²) >= 11 is 0. The molecule has 0 saturated carbocycles. The van der Waals surface area contributed by atoms with Crippen molar-refractivity contribution < 1.29 is 27.2 Å². The highest BCUT2D eigenvalue weighted by Gasteiger charge is 2.32. The van der Waals surface area contributed by atoms with Gasteiger partial charge in [-0.25, -0.2) is 4.98 Å². The predicted molar refractivity (Wildman–Crippen MR) is 80.8 cm³/mol. The summed E-state index contributed by atoms with van der Waals surface area (Å²) in [6.07, 6.45) is -3.50. The molecule has 3 aromatic rings. The van der Waals surface area contributed by atoms with Crippen LogP contribution >= 0.6 is 0 Å². The quantitative estimate of drug-likeness (QED) is 0.780. The van der Waals surface area contributed by atoms with E-state index >= 15 is 0 Å². The van der Waals surface area contributed by atoms with Gasteiger partial charge in [-0.2, -0.15) is 0 Å². The fraction of sp³-hybridized carbons (Fsp3) is 0.188. The molecular weight excluding hydrogens is 339 g/mol. The van der Waals surface area contributed by atoms with Crippen LogP contribution in [0.25, 0.3) is 11.1 Å². The number of fused-ring (bicyclic) bond motifs is 1. The summed E-state index contributed by atoms with van der Waals surface area (Å²) in [7, 11) is 0. The Bertz CT molecular complexity index is 922. The normalized spacial score (nSPS) is 11.5. The lowest BCUT2D eigenvalue weighted by atomic mass is 10.1. The molecule has 2 aromatic heterocycles. The molecule has 0 fully saturated rings. The fourth-order valence-corrected chi connectivity index (χ4v) is 2.22. The Balaban J connectivity index is 1.74. The third-order valence-corrected chi connectivity index (χ3v) is 3.41. The van der Waals surface area contributed by atoms with Gasteiger partial charge in [0.2, 0.25) is 0 Å². The number of pyridine rings is 1. The molecule has 1 N–H and O–H groups in total. The third kappa shape index (κ3) is 3.87. The number of rotatable bonds is 4. The zero-order chi connectivity index (χ0) is 18.0. The average Bonchev–Trinajstić information content (AvgIpc) is 2.93. The summed E-state index contributed by atoms with van der Waals surface area (Å²) < 4.78 is 46.1. The second kappa shape index (κ2) is 6.42. The van der Waals surface area contributed by atoms with Crippen LogP contribution in [0.15, 0.2) is 41.1 Å². The number of nitrogens with zero attached hydrogens (tertiary/aromatic N) is 2. The molecule has 0 unspecified atom stereocenters. The van der Waals surface area contributed by atoms with Crippen molar-refractivity contribution in [3.05, 3.63) is 53.3 Å².